The summed E-state index contributed by atoms with van der Waals surface area (Å²) in [5.74, 6) is -1.48. The van der Waals surface area contributed by atoms with Gasteiger partial charge in [0.25, 0.3) is 11.6 Å². The molecule has 3 rings (SSSR count). The number of ether oxygens (including phenoxy) is 4. The maximum Gasteiger partial charge on any atom is 0.511 e. The van der Waals surface area contributed by atoms with E-state index in [2.05, 4.69) is 25.6 Å². The Morgan fingerprint density at radius 1 is 1.32 bits per heavy atom. The number of nitrogens with one attached hydrogen (secondary N) is 1. The number of amides is 2. The summed E-state index contributed by atoms with van der Waals surface area (Å²) in [6, 6.07) is 1.92. The van der Waals surface area contributed by atoms with E-state index < -0.39 is 41.8 Å². The number of aromatic nitrogens is 4. The second-order valence-electron chi connectivity index (χ2n) is 7.18. The highest BCUT2D eigenvalue weighted by molar-refractivity contribution is 8.01. The number of fused-ring (bicyclic) bond motifs is 1. The number of nitrogens with zero attached hydrogens (tertiary/aromatic N) is 6. The molecule has 0 radical (unpaired) electrons. The Kier molecular flexibility index (Phi) is 10.0. The Bertz CT molecular complexity index is 1120. The summed E-state index contributed by atoms with van der Waals surface area (Å²) < 4.78 is 21.3. The normalized spacial score (nSPS) is 20.4. The van der Waals surface area contributed by atoms with Crippen molar-refractivity contribution >= 4 is 59.2 Å². The molecule has 2 atom stereocenters. The monoisotopic (exact) mass is 573 g/mol. The fourth-order valence-electron chi connectivity index (χ4n) is 3.33. The molecule has 1 aromatic heterocycles. The van der Waals surface area contributed by atoms with Crippen molar-refractivity contribution in [1.29, 1.82) is 5.26 Å². The van der Waals surface area contributed by atoms with E-state index in [0.717, 1.165) is 11.8 Å². The predicted molar refractivity (Wildman–Crippen MR) is 130 cm³/mol. The molecular formula is C19H23N7O8S3. The fraction of sp³-hybridized carbons (Fsp3) is 0.579. The summed E-state index contributed by atoms with van der Waals surface area (Å²) in [6.07, 6.45) is -1.01. The molecule has 0 bridgehead atoms. The second-order valence-corrected chi connectivity index (χ2v) is 10.2. The van der Waals surface area contributed by atoms with E-state index in [1.807, 2.05) is 6.07 Å². The number of carbonyl (C=O) groups is 4. The van der Waals surface area contributed by atoms with Gasteiger partial charge in [0.05, 0.1) is 24.2 Å². The Morgan fingerprint density at radius 2 is 2.11 bits per heavy atom. The number of thioether (sulfide) groups is 3. The number of esters is 1. The molecule has 0 aliphatic carbocycles. The van der Waals surface area contributed by atoms with Crippen LogP contribution in [0.1, 0.15) is 6.92 Å². The van der Waals surface area contributed by atoms with Crippen molar-refractivity contribution in [3.8, 4) is 6.07 Å². The van der Waals surface area contributed by atoms with Crippen LogP contribution in [0.15, 0.2) is 16.4 Å². The number of tetrazole rings is 1. The summed E-state index contributed by atoms with van der Waals surface area (Å²) in [5, 5.41) is 22.2. The Balaban J connectivity index is 1.80. The van der Waals surface area contributed by atoms with E-state index in [1.54, 1.807) is 14.0 Å². The number of carbonyl (C=O) groups excluding carboxylic acids is 4. The van der Waals surface area contributed by atoms with Gasteiger partial charge < -0.3 is 24.3 Å². The number of hydrogen-bond donors (Lipinski definition) is 1. The van der Waals surface area contributed by atoms with E-state index in [1.165, 1.54) is 40.2 Å². The lowest BCUT2D eigenvalue weighted by molar-refractivity contribution is -0.193. The first-order valence-corrected chi connectivity index (χ1v) is 13.8. The summed E-state index contributed by atoms with van der Waals surface area (Å²) in [7, 11) is 2.94. The summed E-state index contributed by atoms with van der Waals surface area (Å²) >= 11 is 3.62. The van der Waals surface area contributed by atoms with Gasteiger partial charge in [0.1, 0.15) is 11.1 Å². The van der Waals surface area contributed by atoms with Crippen molar-refractivity contribution < 1.29 is 38.1 Å². The molecule has 1 saturated heterocycles. The van der Waals surface area contributed by atoms with E-state index in [0.29, 0.717) is 16.5 Å². The van der Waals surface area contributed by atoms with Crippen LogP contribution in [-0.4, -0.2) is 104 Å². The summed E-state index contributed by atoms with van der Waals surface area (Å²) in [5.41, 5.74) is -1.21. The lowest BCUT2D eigenvalue weighted by Crippen LogP contribution is -2.80. The number of aryl methyl sites for hydroxylation is 1. The van der Waals surface area contributed by atoms with Gasteiger partial charge in [-0.2, -0.15) is 5.26 Å². The highest BCUT2D eigenvalue weighted by Crippen LogP contribution is 2.47. The third-order valence-corrected chi connectivity index (χ3v) is 8.21. The lowest BCUT2D eigenvalue weighted by Gasteiger charge is -2.56. The van der Waals surface area contributed by atoms with E-state index in [9.17, 15) is 19.2 Å². The van der Waals surface area contributed by atoms with Crippen molar-refractivity contribution in [2.24, 2.45) is 7.05 Å². The zero-order chi connectivity index (χ0) is 27.0. The average molecular weight is 574 g/mol. The minimum atomic E-state index is -1.70. The topological polar surface area (TPSA) is 188 Å². The molecule has 1 fully saturated rings. The van der Waals surface area contributed by atoms with Gasteiger partial charge in [-0.25, -0.2) is 14.3 Å². The van der Waals surface area contributed by atoms with Gasteiger partial charge in [-0.3, -0.25) is 14.5 Å². The highest BCUT2D eigenvalue weighted by atomic mass is 32.2. The molecule has 3 heterocycles. The van der Waals surface area contributed by atoms with Crippen LogP contribution in [0.25, 0.3) is 0 Å². The van der Waals surface area contributed by atoms with E-state index in [4.69, 9.17) is 19.5 Å². The fourth-order valence-corrected chi connectivity index (χ4v) is 6.21. The van der Waals surface area contributed by atoms with Gasteiger partial charge in [0.15, 0.2) is 0 Å². The van der Waals surface area contributed by atoms with Crippen LogP contribution in [0.2, 0.25) is 0 Å². The van der Waals surface area contributed by atoms with Crippen molar-refractivity contribution in [3.05, 3.63) is 11.3 Å². The molecule has 0 saturated carbocycles. The Hall–Kier alpha value is -3.01. The maximum absolute atomic E-state index is 13.4. The number of β-lactam (4-membered cyclic amide) rings is 1. The first-order valence-electron chi connectivity index (χ1n) is 10.6. The van der Waals surface area contributed by atoms with Crippen molar-refractivity contribution in [2.45, 2.75) is 23.2 Å². The van der Waals surface area contributed by atoms with Crippen LogP contribution >= 0.6 is 35.3 Å². The van der Waals surface area contributed by atoms with Crippen LogP contribution in [0.5, 0.6) is 0 Å². The molecule has 18 heteroatoms. The van der Waals surface area contributed by atoms with Crippen molar-refractivity contribution in [3.63, 3.8) is 0 Å². The van der Waals surface area contributed by atoms with Crippen LogP contribution in [0.3, 0.4) is 0 Å². The predicted octanol–water partition coefficient (Wildman–Crippen LogP) is -0.139. The Labute approximate surface area is 223 Å². The van der Waals surface area contributed by atoms with Gasteiger partial charge in [-0.15, -0.1) is 28.6 Å². The third-order valence-electron chi connectivity index (χ3n) is 4.94. The van der Waals surface area contributed by atoms with Crippen LogP contribution in [0.4, 0.5) is 4.79 Å². The lowest BCUT2D eigenvalue weighted by atomic mass is 9.98. The molecule has 0 aromatic carbocycles. The first kappa shape index (κ1) is 28.6. The first-order chi connectivity index (χ1) is 17.8. The zero-order valence-electron chi connectivity index (χ0n) is 20.0. The van der Waals surface area contributed by atoms with Crippen LogP contribution in [-0.2, 0) is 40.4 Å². The smallest absolute Gasteiger partial charge is 0.435 e. The van der Waals surface area contributed by atoms with Crippen LogP contribution in [0, 0.1) is 11.3 Å². The molecular weight excluding hydrogens is 550 g/mol. The maximum atomic E-state index is 13.4. The van der Waals surface area contributed by atoms with Gasteiger partial charge in [0, 0.05) is 25.7 Å². The average Bonchev–Trinajstić information content (AvgIpc) is 3.29. The molecule has 37 heavy (non-hydrogen) atoms. The molecule has 200 valence electrons. The zero-order valence-corrected chi connectivity index (χ0v) is 22.4. The molecule has 1 aromatic rings. The molecule has 2 aliphatic heterocycles. The Morgan fingerprint density at radius 3 is 2.76 bits per heavy atom. The number of rotatable bonds is 12. The largest absolute Gasteiger partial charge is 0.511 e. The standard InChI is InChI=1S/C19H23N7O8S3/c1-4-32-18(30)34-10-33-14(28)13-11(8-37-17-22-23-24-25(17)2)7-36-16-19(31-3,15(29)26(13)16)21-12(27)9-35-6-5-20/h16H,4,6-10H2,1-3H3,(H,21,27)/t16-,19+/m1/s1. The molecule has 15 nitrogen and oxygen atoms in total. The second kappa shape index (κ2) is 13.0. The van der Waals surface area contributed by atoms with Crippen molar-refractivity contribution in [1.82, 2.24) is 30.4 Å². The van der Waals surface area contributed by atoms with E-state index in [-0.39, 0.29) is 29.6 Å². The quantitative estimate of drug-likeness (QED) is 0.114. The molecule has 2 amide bonds. The number of methoxy groups -OCH3 is 1. The third kappa shape index (κ3) is 6.29. The minimum absolute atomic E-state index is 0.0487. The van der Waals surface area contributed by atoms with Gasteiger partial charge in [-0.05, 0) is 22.9 Å². The highest BCUT2D eigenvalue weighted by Gasteiger charge is 2.66. The van der Waals surface area contributed by atoms with Gasteiger partial charge in [-0.1, -0.05) is 11.8 Å². The van der Waals surface area contributed by atoms with Crippen LogP contribution < -0.4 is 5.32 Å². The van der Waals surface area contributed by atoms with E-state index >= 15 is 0 Å². The molecule has 2 aliphatic rings. The van der Waals surface area contributed by atoms with Gasteiger partial charge in [0.2, 0.25) is 17.9 Å². The SMILES string of the molecule is CCOC(=O)OCOC(=O)C1=C(CSc2nnnn2C)CS[C@H]2N1C(=O)[C@]2(NC(=O)CSCC#N)OC. The number of nitriles is 1. The summed E-state index contributed by atoms with van der Waals surface area (Å²) in [6.45, 7) is 0.946. The van der Waals surface area contributed by atoms with Gasteiger partial charge >= 0.3 is 12.1 Å². The molecule has 0 unspecified atom stereocenters. The molecule has 1 N–H and O–H groups in total. The number of hydrogen-bond acceptors (Lipinski definition) is 15. The molecule has 0 spiro atoms. The summed E-state index contributed by atoms with van der Waals surface area (Å²) in [4.78, 5) is 51.5. The van der Waals surface area contributed by atoms with Crippen molar-refractivity contribution in [2.75, 3.05) is 43.5 Å². The minimum Gasteiger partial charge on any atom is -0.435 e.